The van der Waals surface area contributed by atoms with Gasteiger partial charge in [-0.15, -0.1) is 0 Å². The van der Waals surface area contributed by atoms with Crippen molar-refractivity contribution in [2.45, 2.75) is 19.3 Å². The number of rotatable bonds is 0. The third-order valence-corrected chi connectivity index (χ3v) is 1.08. The molecular weight excluding hydrogens is 119 g/mol. The summed E-state index contributed by atoms with van der Waals surface area (Å²) in [5.74, 6) is 0. The van der Waals surface area contributed by atoms with Gasteiger partial charge in [0.05, 0.1) is 0 Å². The zero-order chi connectivity index (χ0) is 6.24. The molecule has 2 nitrogen and oxygen atoms in total. The molecule has 3 heteroatoms. The molecule has 1 aliphatic heterocycles. The first-order valence-corrected chi connectivity index (χ1v) is 3.44. The summed E-state index contributed by atoms with van der Waals surface area (Å²) < 4.78 is 13.3. The first-order valence-electron chi connectivity index (χ1n) is 2.87. The summed E-state index contributed by atoms with van der Waals surface area (Å²) in [6, 6.07) is 0. The van der Waals surface area contributed by atoms with Gasteiger partial charge in [0.25, 0.3) is 0 Å². The van der Waals surface area contributed by atoms with E-state index in [0.29, 0.717) is 16.2 Å². The van der Waals surface area contributed by atoms with Crippen molar-refractivity contribution in [1.82, 2.24) is 0 Å². The number of hydrogen-bond donors (Lipinski definition) is 0. The van der Waals surface area contributed by atoms with Crippen LogP contribution in [0.15, 0.2) is 0 Å². The van der Waals surface area contributed by atoms with Crippen LogP contribution in [0.25, 0.3) is 0 Å². The molecule has 1 aliphatic rings. The molecule has 0 amide bonds. The molecule has 0 atom stereocenters. The van der Waals surface area contributed by atoms with E-state index in [0.717, 1.165) is 13.2 Å². The Morgan fingerprint density at radius 2 is 1.50 bits per heavy atom. The van der Waals surface area contributed by atoms with Crippen LogP contribution in [0.5, 0.6) is 0 Å². The van der Waals surface area contributed by atoms with E-state index in [1.165, 1.54) is 19.3 Å². The van der Waals surface area contributed by atoms with E-state index in [2.05, 4.69) is 0 Å². The van der Waals surface area contributed by atoms with Crippen molar-refractivity contribution in [3.8, 4) is 0 Å². The van der Waals surface area contributed by atoms with Gasteiger partial charge >= 0.3 is 20.0 Å². The molecule has 0 aromatic carbocycles. The van der Waals surface area contributed by atoms with Crippen molar-refractivity contribution in [2.24, 2.45) is 0 Å². The Morgan fingerprint density at radius 3 is 1.62 bits per heavy atom. The van der Waals surface area contributed by atoms with E-state index in [4.69, 9.17) is 8.54 Å². The number of ether oxygens (including phenoxy) is 1. The van der Waals surface area contributed by atoms with Gasteiger partial charge in [-0.2, -0.15) is 0 Å². The van der Waals surface area contributed by atoms with Gasteiger partial charge in [-0.05, 0) is 19.3 Å². The fourth-order valence-electron chi connectivity index (χ4n) is 0.687. The first-order chi connectivity index (χ1) is 4.00. The second-order valence-corrected chi connectivity index (χ2v) is 1.67. The molecule has 0 bridgehead atoms. The molecule has 0 spiro atoms. The minimum atomic E-state index is 0.611. The van der Waals surface area contributed by atoms with Crippen LogP contribution in [-0.4, -0.2) is 29.4 Å². The Bertz CT molecular complexity index is 34.2. The van der Waals surface area contributed by atoms with Gasteiger partial charge in [0.15, 0.2) is 0 Å². The summed E-state index contributed by atoms with van der Waals surface area (Å²) >= 11 is 0.611. The second-order valence-electron chi connectivity index (χ2n) is 1.67. The monoisotopic (exact) mass is 130 g/mol. The van der Waals surface area contributed by atoms with Crippen LogP contribution in [0.4, 0.5) is 0 Å². The standard InChI is InChI=1S/C5H10O.Al.O.H/c1-2-4-6-5-3-1;;;/h1-5H2;;;. The van der Waals surface area contributed by atoms with Crippen LogP contribution in [0.1, 0.15) is 19.3 Å². The van der Waals surface area contributed by atoms with Crippen molar-refractivity contribution in [3.05, 3.63) is 0 Å². The van der Waals surface area contributed by atoms with Crippen LogP contribution >= 0.6 is 0 Å². The van der Waals surface area contributed by atoms with Crippen molar-refractivity contribution in [1.29, 1.82) is 0 Å². The summed E-state index contributed by atoms with van der Waals surface area (Å²) in [7, 11) is 0. The summed E-state index contributed by atoms with van der Waals surface area (Å²) in [6.07, 6.45) is 3.93. The maximum absolute atomic E-state index is 8.28. The predicted molar refractivity (Wildman–Crippen MR) is 32.5 cm³/mol. The Balaban J connectivity index is 0.000000222. The van der Waals surface area contributed by atoms with Crippen LogP contribution in [0.3, 0.4) is 0 Å². The van der Waals surface area contributed by atoms with E-state index in [-0.39, 0.29) is 0 Å². The third kappa shape index (κ3) is 4.45. The second kappa shape index (κ2) is 7.29. The Hall–Kier alpha value is 0.292. The van der Waals surface area contributed by atoms with Gasteiger partial charge in [0.1, 0.15) is 0 Å². The maximum atomic E-state index is 8.28. The molecular formula is C5H11AlO2. The Morgan fingerprint density at radius 1 is 1.00 bits per heavy atom. The van der Waals surface area contributed by atoms with E-state index >= 15 is 0 Å². The molecule has 0 aromatic heterocycles. The molecule has 1 saturated heterocycles. The summed E-state index contributed by atoms with van der Waals surface area (Å²) in [4.78, 5) is 0. The predicted octanol–water partition coefficient (Wildman–Crippen LogP) is 0.420. The molecule has 1 fully saturated rings. The topological polar surface area (TPSA) is 26.3 Å². The van der Waals surface area contributed by atoms with Crippen molar-refractivity contribution in [3.63, 3.8) is 0 Å². The van der Waals surface area contributed by atoms with E-state index < -0.39 is 0 Å². The van der Waals surface area contributed by atoms with E-state index in [1.807, 2.05) is 0 Å². The van der Waals surface area contributed by atoms with Gasteiger partial charge in [0, 0.05) is 13.2 Å². The van der Waals surface area contributed by atoms with Crippen LogP contribution < -0.4 is 0 Å². The molecule has 0 unspecified atom stereocenters. The van der Waals surface area contributed by atoms with E-state index in [9.17, 15) is 0 Å². The molecule has 1 heterocycles. The number of hydrogen-bond acceptors (Lipinski definition) is 2. The average Bonchev–Trinajstić information content (AvgIpc) is 1.96. The van der Waals surface area contributed by atoms with Crippen molar-refractivity contribution in [2.75, 3.05) is 13.2 Å². The summed E-state index contributed by atoms with van der Waals surface area (Å²) in [5, 5.41) is 0. The average molecular weight is 130 g/mol. The molecule has 0 aliphatic carbocycles. The summed E-state index contributed by atoms with van der Waals surface area (Å²) in [6.45, 7) is 2.00. The minimum absolute atomic E-state index is 0.611. The SMILES string of the molecule is C1CCOCC1.[O]=[AlH]. The first kappa shape index (κ1) is 8.29. The van der Waals surface area contributed by atoms with Crippen molar-refractivity contribution < 1.29 is 8.54 Å². The fraction of sp³-hybridized carbons (Fsp3) is 1.00. The van der Waals surface area contributed by atoms with Crippen LogP contribution in [-0.2, 0) is 8.54 Å². The van der Waals surface area contributed by atoms with Gasteiger partial charge in [0.2, 0.25) is 0 Å². The molecule has 0 saturated carbocycles. The molecule has 8 heavy (non-hydrogen) atoms. The van der Waals surface area contributed by atoms with Gasteiger partial charge in [-0.25, -0.2) is 0 Å². The van der Waals surface area contributed by atoms with Gasteiger partial charge < -0.3 is 4.74 Å². The third-order valence-electron chi connectivity index (χ3n) is 1.08. The molecule has 0 N–H and O–H groups in total. The van der Waals surface area contributed by atoms with Crippen LogP contribution in [0, 0.1) is 0 Å². The zero-order valence-corrected chi connectivity index (χ0v) is 6.47. The summed E-state index contributed by atoms with van der Waals surface area (Å²) in [5.41, 5.74) is 0. The molecule has 1 rings (SSSR count). The molecule has 0 aromatic rings. The fourth-order valence-corrected chi connectivity index (χ4v) is 0.687. The van der Waals surface area contributed by atoms with Gasteiger partial charge in [-0.1, -0.05) is 0 Å². The van der Waals surface area contributed by atoms with E-state index in [1.54, 1.807) is 0 Å². The normalized spacial score (nSPS) is 18.4. The van der Waals surface area contributed by atoms with Gasteiger partial charge in [-0.3, -0.25) is 0 Å². The molecule has 46 valence electrons. The Labute approximate surface area is 57.9 Å². The Kier molecular flexibility index (Phi) is 7.56. The zero-order valence-electron chi connectivity index (χ0n) is 5.06. The molecule has 0 radical (unpaired) electrons. The quantitative estimate of drug-likeness (QED) is 0.444. The van der Waals surface area contributed by atoms with Crippen molar-refractivity contribution >= 4 is 16.2 Å². The van der Waals surface area contributed by atoms with Crippen LogP contribution in [0.2, 0.25) is 0 Å².